The third-order valence-corrected chi connectivity index (χ3v) is 4.36. The van der Waals surface area contributed by atoms with Crippen molar-refractivity contribution < 1.29 is 9.59 Å². The van der Waals surface area contributed by atoms with Gasteiger partial charge in [0.1, 0.15) is 6.54 Å². The van der Waals surface area contributed by atoms with Crippen molar-refractivity contribution in [3.63, 3.8) is 0 Å². The lowest BCUT2D eigenvalue weighted by molar-refractivity contribution is -0.140. The highest BCUT2D eigenvalue weighted by Crippen LogP contribution is 2.27. The fourth-order valence-electron chi connectivity index (χ4n) is 3.18. The van der Waals surface area contributed by atoms with Crippen molar-refractivity contribution in [3.05, 3.63) is 12.4 Å². The number of anilines is 1. The van der Waals surface area contributed by atoms with Crippen LogP contribution in [0.25, 0.3) is 0 Å². The van der Waals surface area contributed by atoms with Crippen LogP contribution in [0.3, 0.4) is 0 Å². The Morgan fingerprint density at radius 3 is 2.76 bits per heavy atom. The molecule has 1 aromatic heterocycles. The number of aromatic nitrogens is 2. The summed E-state index contributed by atoms with van der Waals surface area (Å²) in [6.45, 7) is 1.25. The molecule has 0 spiro atoms. The lowest BCUT2D eigenvalue weighted by Crippen LogP contribution is -2.53. The van der Waals surface area contributed by atoms with Crippen LogP contribution in [0.5, 0.6) is 0 Å². The molecule has 2 atom stereocenters. The van der Waals surface area contributed by atoms with E-state index in [4.69, 9.17) is 5.73 Å². The number of aryl methyl sites for hydroxylation is 1. The lowest BCUT2D eigenvalue weighted by Gasteiger charge is -2.34. The molecule has 2 amide bonds. The van der Waals surface area contributed by atoms with Crippen LogP contribution in [-0.2, 0) is 16.6 Å². The molecule has 21 heavy (non-hydrogen) atoms. The van der Waals surface area contributed by atoms with Crippen molar-refractivity contribution in [2.75, 3.05) is 24.5 Å². The van der Waals surface area contributed by atoms with Crippen molar-refractivity contribution in [3.8, 4) is 0 Å². The summed E-state index contributed by atoms with van der Waals surface area (Å²) in [6, 6.07) is 0.131. The molecule has 1 saturated carbocycles. The Morgan fingerprint density at radius 2 is 2.19 bits per heavy atom. The maximum Gasteiger partial charge on any atom is 0.246 e. The highest BCUT2D eigenvalue weighted by molar-refractivity contribution is 5.98. The molecule has 7 nitrogen and oxygen atoms in total. The first-order valence-corrected chi connectivity index (χ1v) is 7.38. The Morgan fingerprint density at radius 1 is 1.38 bits per heavy atom. The number of amides is 2. The minimum Gasteiger partial charge on any atom is -0.331 e. The molecule has 0 radical (unpaired) electrons. The summed E-state index contributed by atoms with van der Waals surface area (Å²) in [6.07, 6.45) is 5.98. The predicted molar refractivity (Wildman–Crippen MR) is 77.5 cm³/mol. The number of nitrogens with zero attached hydrogens (tertiary/aromatic N) is 4. The van der Waals surface area contributed by atoms with Gasteiger partial charge in [-0.25, -0.2) is 0 Å². The molecule has 1 aromatic rings. The zero-order valence-corrected chi connectivity index (χ0v) is 12.2. The molecule has 0 bridgehead atoms. The third-order valence-electron chi connectivity index (χ3n) is 4.36. The van der Waals surface area contributed by atoms with Crippen LogP contribution in [0, 0.1) is 5.92 Å². The summed E-state index contributed by atoms with van der Waals surface area (Å²) in [5.74, 6) is 0.0322. The standard InChI is InChI=1S/C14H21N5O2/c1-17-8-12(7-16-17)19-5-4-18(9-13(19)20)14(21)10-2-3-11(15)6-10/h7-8,10-11H,2-6,9,15H2,1H3. The monoisotopic (exact) mass is 291 g/mol. The summed E-state index contributed by atoms with van der Waals surface area (Å²) in [4.78, 5) is 28.1. The number of rotatable bonds is 2. The average Bonchev–Trinajstić information content (AvgIpc) is 3.06. The Labute approximate surface area is 123 Å². The smallest absolute Gasteiger partial charge is 0.246 e. The van der Waals surface area contributed by atoms with E-state index in [0.717, 1.165) is 24.9 Å². The quantitative estimate of drug-likeness (QED) is 0.812. The van der Waals surface area contributed by atoms with Gasteiger partial charge in [0.15, 0.2) is 0 Å². The number of carbonyl (C=O) groups excluding carboxylic acids is 2. The van der Waals surface area contributed by atoms with Crippen molar-refractivity contribution >= 4 is 17.5 Å². The van der Waals surface area contributed by atoms with Crippen LogP contribution in [0.15, 0.2) is 12.4 Å². The molecule has 2 fully saturated rings. The lowest BCUT2D eigenvalue weighted by atomic mass is 10.1. The maximum atomic E-state index is 12.4. The first-order valence-electron chi connectivity index (χ1n) is 7.38. The van der Waals surface area contributed by atoms with Gasteiger partial charge in [-0.3, -0.25) is 14.3 Å². The van der Waals surface area contributed by atoms with Gasteiger partial charge in [0, 0.05) is 38.3 Å². The van der Waals surface area contributed by atoms with Gasteiger partial charge in [-0.2, -0.15) is 5.10 Å². The van der Waals surface area contributed by atoms with E-state index in [1.807, 2.05) is 13.2 Å². The predicted octanol–water partition coefficient (Wildman–Crippen LogP) is -0.277. The van der Waals surface area contributed by atoms with E-state index in [0.29, 0.717) is 13.1 Å². The molecule has 1 aliphatic carbocycles. The minimum absolute atomic E-state index is 0.00209. The van der Waals surface area contributed by atoms with Crippen molar-refractivity contribution in [1.29, 1.82) is 0 Å². The van der Waals surface area contributed by atoms with Crippen molar-refractivity contribution in [2.24, 2.45) is 18.7 Å². The molecule has 2 aliphatic rings. The Bertz CT molecular complexity index is 555. The van der Waals surface area contributed by atoms with Gasteiger partial charge in [0.05, 0.1) is 11.9 Å². The largest absolute Gasteiger partial charge is 0.331 e. The van der Waals surface area contributed by atoms with Crippen LogP contribution in [0.2, 0.25) is 0 Å². The third kappa shape index (κ3) is 2.78. The normalized spacial score (nSPS) is 26.5. The number of carbonyl (C=O) groups is 2. The van der Waals surface area contributed by atoms with Gasteiger partial charge in [0.25, 0.3) is 0 Å². The van der Waals surface area contributed by atoms with Crippen molar-refractivity contribution in [1.82, 2.24) is 14.7 Å². The summed E-state index contributed by atoms with van der Waals surface area (Å²) in [5, 5.41) is 4.08. The molecule has 2 heterocycles. The van der Waals surface area contributed by atoms with Crippen LogP contribution < -0.4 is 10.6 Å². The van der Waals surface area contributed by atoms with E-state index in [2.05, 4.69) is 5.10 Å². The maximum absolute atomic E-state index is 12.4. The van der Waals surface area contributed by atoms with E-state index >= 15 is 0 Å². The molecule has 7 heteroatoms. The van der Waals surface area contributed by atoms with Gasteiger partial charge in [0.2, 0.25) is 11.8 Å². The zero-order valence-electron chi connectivity index (χ0n) is 12.2. The topological polar surface area (TPSA) is 84.5 Å². The number of hydrogen-bond donors (Lipinski definition) is 1. The van der Waals surface area contributed by atoms with E-state index in [9.17, 15) is 9.59 Å². The molecule has 1 aliphatic heterocycles. The molecule has 2 N–H and O–H groups in total. The van der Waals surface area contributed by atoms with Gasteiger partial charge < -0.3 is 15.5 Å². The minimum atomic E-state index is -0.0510. The Balaban J connectivity index is 1.63. The summed E-state index contributed by atoms with van der Waals surface area (Å²) < 4.78 is 1.67. The van der Waals surface area contributed by atoms with Gasteiger partial charge in [-0.1, -0.05) is 0 Å². The highest BCUT2D eigenvalue weighted by atomic mass is 16.2. The number of piperazine rings is 1. The van der Waals surface area contributed by atoms with E-state index in [-0.39, 0.29) is 30.3 Å². The first kappa shape index (κ1) is 14.1. The molecular formula is C14H21N5O2. The highest BCUT2D eigenvalue weighted by Gasteiger charge is 2.35. The number of hydrogen-bond acceptors (Lipinski definition) is 4. The zero-order chi connectivity index (χ0) is 15.0. The molecule has 114 valence electrons. The second-order valence-electron chi connectivity index (χ2n) is 5.95. The van der Waals surface area contributed by atoms with Crippen LogP contribution >= 0.6 is 0 Å². The second kappa shape index (κ2) is 5.48. The summed E-state index contributed by atoms with van der Waals surface area (Å²) in [5.41, 5.74) is 6.65. The Kier molecular flexibility index (Phi) is 3.67. The van der Waals surface area contributed by atoms with Crippen LogP contribution in [-0.4, -0.2) is 52.2 Å². The molecular weight excluding hydrogens is 270 g/mol. The van der Waals surface area contributed by atoms with E-state index in [1.165, 1.54) is 0 Å². The fourth-order valence-corrected chi connectivity index (χ4v) is 3.18. The van der Waals surface area contributed by atoms with Crippen LogP contribution in [0.4, 0.5) is 5.69 Å². The van der Waals surface area contributed by atoms with Crippen LogP contribution in [0.1, 0.15) is 19.3 Å². The number of nitrogens with two attached hydrogens (primary N) is 1. The average molecular weight is 291 g/mol. The second-order valence-corrected chi connectivity index (χ2v) is 5.95. The van der Waals surface area contributed by atoms with Crippen molar-refractivity contribution in [2.45, 2.75) is 25.3 Å². The molecule has 1 saturated heterocycles. The van der Waals surface area contributed by atoms with Gasteiger partial charge in [-0.15, -0.1) is 0 Å². The van der Waals surface area contributed by atoms with Gasteiger partial charge >= 0.3 is 0 Å². The Hall–Kier alpha value is -1.89. The first-order chi connectivity index (χ1) is 10.0. The SMILES string of the molecule is Cn1cc(N2CCN(C(=O)C3CCC(N)C3)CC2=O)cn1. The summed E-state index contributed by atoms with van der Waals surface area (Å²) >= 11 is 0. The molecule has 0 aromatic carbocycles. The van der Waals surface area contributed by atoms with E-state index in [1.54, 1.807) is 20.7 Å². The molecule has 2 unspecified atom stereocenters. The van der Waals surface area contributed by atoms with Gasteiger partial charge in [-0.05, 0) is 19.3 Å². The fraction of sp³-hybridized carbons (Fsp3) is 0.643. The molecule has 3 rings (SSSR count). The summed E-state index contributed by atoms with van der Waals surface area (Å²) in [7, 11) is 1.82. The van der Waals surface area contributed by atoms with E-state index < -0.39 is 0 Å².